The largest absolute Gasteiger partial charge is 0.496 e. The molecule has 0 aliphatic rings. The summed E-state index contributed by atoms with van der Waals surface area (Å²) >= 11 is 0. The van der Waals surface area contributed by atoms with Crippen LogP contribution in [0.15, 0.2) is 24.4 Å². The van der Waals surface area contributed by atoms with Crippen LogP contribution >= 0.6 is 0 Å². The Kier molecular flexibility index (Phi) is 2.79. The fourth-order valence-electron chi connectivity index (χ4n) is 2.02. The number of fused-ring (bicyclic) bond motifs is 1. The number of pyridine rings is 1. The van der Waals surface area contributed by atoms with Crippen molar-refractivity contribution < 1.29 is 4.74 Å². The van der Waals surface area contributed by atoms with Crippen molar-refractivity contribution in [1.82, 2.24) is 4.98 Å². The number of hydrogen-bond donors (Lipinski definition) is 1. The third kappa shape index (κ3) is 1.63. The highest BCUT2D eigenvalue weighted by Gasteiger charge is 2.11. The SMILES string of the molecule is COc1ccc(C(C)N)c2ccnc(C)c12. The van der Waals surface area contributed by atoms with E-state index in [2.05, 4.69) is 4.98 Å². The van der Waals surface area contributed by atoms with E-state index in [9.17, 15) is 0 Å². The Balaban J connectivity index is 2.85. The maximum atomic E-state index is 5.96. The van der Waals surface area contributed by atoms with Crippen molar-refractivity contribution in [3.8, 4) is 5.75 Å². The van der Waals surface area contributed by atoms with E-state index in [4.69, 9.17) is 10.5 Å². The van der Waals surface area contributed by atoms with Crippen LogP contribution in [0.2, 0.25) is 0 Å². The van der Waals surface area contributed by atoms with Gasteiger partial charge in [0.25, 0.3) is 0 Å². The predicted octanol–water partition coefficient (Wildman–Crippen LogP) is 2.57. The quantitative estimate of drug-likeness (QED) is 0.839. The zero-order valence-corrected chi connectivity index (χ0v) is 9.82. The summed E-state index contributed by atoms with van der Waals surface area (Å²) < 4.78 is 5.36. The minimum Gasteiger partial charge on any atom is -0.496 e. The van der Waals surface area contributed by atoms with E-state index in [0.717, 1.165) is 27.8 Å². The molecule has 1 aromatic heterocycles. The minimum absolute atomic E-state index is 0.00945. The molecule has 2 N–H and O–H groups in total. The van der Waals surface area contributed by atoms with Gasteiger partial charge in [0.05, 0.1) is 7.11 Å². The predicted molar refractivity (Wildman–Crippen MR) is 65.6 cm³/mol. The van der Waals surface area contributed by atoms with Crippen molar-refractivity contribution in [3.05, 3.63) is 35.7 Å². The Morgan fingerprint density at radius 3 is 2.69 bits per heavy atom. The molecule has 1 heterocycles. The van der Waals surface area contributed by atoms with Crippen LogP contribution in [0.1, 0.15) is 24.2 Å². The lowest BCUT2D eigenvalue weighted by Gasteiger charge is -2.14. The molecule has 0 aliphatic heterocycles. The molecule has 0 fully saturated rings. The van der Waals surface area contributed by atoms with Gasteiger partial charge in [-0.15, -0.1) is 0 Å². The third-order valence-electron chi connectivity index (χ3n) is 2.82. The molecular formula is C13H16N2O. The van der Waals surface area contributed by atoms with E-state index in [0.29, 0.717) is 0 Å². The van der Waals surface area contributed by atoms with Gasteiger partial charge in [0, 0.05) is 23.3 Å². The van der Waals surface area contributed by atoms with E-state index >= 15 is 0 Å². The molecule has 0 radical (unpaired) electrons. The smallest absolute Gasteiger partial charge is 0.128 e. The van der Waals surface area contributed by atoms with Gasteiger partial charge >= 0.3 is 0 Å². The number of hydrogen-bond acceptors (Lipinski definition) is 3. The topological polar surface area (TPSA) is 48.1 Å². The molecule has 3 nitrogen and oxygen atoms in total. The van der Waals surface area contributed by atoms with E-state index in [-0.39, 0.29) is 6.04 Å². The molecule has 16 heavy (non-hydrogen) atoms. The second-order valence-electron chi connectivity index (χ2n) is 3.96. The maximum absolute atomic E-state index is 5.96. The summed E-state index contributed by atoms with van der Waals surface area (Å²) in [5.74, 6) is 0.852. The Morgan fingerprint density at radius 1 is 1.31 bits per heavy atom. The first kappa shape index (κ1) is 10.9. The zero-order valence-electron chi connectivity index (χ0n) is 9.82. The second kappa shape index (κ2) is 4.10. The Labute approximate surface area is 95.2 Å². The summed E-state index contributed by atoms with van der Waals surface area (Å²) in [4.78, 5) is 4.30. The van der Waals surface area contributed by atoms with Crippen molar-refractivity contribution in [3.63, 3.8) is 0 Å². The lowest BCUT2D eigenvalue weighted by Crippen LogP contribution is -2.06. The van der Waals surface area contributed by atoms with Gasteiger partial charge in [-0.2, -0.15) is 0 Å². The first-order chi connectivity index (χ1) is 7.65. The highest BCUT2D eigenvalue weighted by molar-refractivity contribution is 5.93. The lowest BCUT2D eigenvalue weighted by molar-refractivity contribution is 0.419. The summed E-state index contributed by atoms with van der Waals surface area (Å²) in [6, 6.07) is 5.97. The fraction of sp³-hybridized carbons (Fsp3) is 0.308. The normalized spacial score (nSPS) is 12.8. The molecule has 0 amide bonds. The summed E-state index contributed by atoms with van der Waals surface area (Å²) in [7, 11) is 1.67. The fourth-order valence-corrected chi connectivity index (χ4v) is 2.02. The Hall–Kier alpha value is -1.61. The maximum Gasteiger partial charge on any atom is 0.128 e. The van der Waals surface area contributed by atoms with Gasteiger partial charge in [-0.3, -0.25) is 4.98 Å². The molecule has 0 bridgehead atoms. The number of nitrogens with two attached hydrogens (primary N) is 1. The molecule has 3 heteroatoms. The Morgan fingerprint density at radius 2 is 2.06 bits per heavy atom. The van der Waals surface area contributed by atoms with Crippen molar-refractivity contribution >= 4 is 10.8 Å². The van der Waals surface area contributed by atoms with E-state index in [1.165, 1.54) is 0 Å². The van der Waals surface area contributed by atoms with Crippen molar-refractivity contribution in [1.29, 1.82) is 0 Å². The summed E-state index contributed by atoms with van der Waals surface area (Å²) in [5, 5.41) is 2.18. The van der Waals surface area contributed by atoms with Crippen LogP contribution in [0.4, 0.5) is 0 Å². The average molecular weight is 216 g/mol. The lowest BCUT2D eigenvalue weighted by atomic mass is 9.99. The van der Waals surface area contributed by atoms with Crippen LogP contribution < -0.4 is 10.5 Å². The molecule has 0 saturated carbocycles. The molecule has 2 rings (SSSR count). The van der Waals surface area contributed by atoms with Crippen LogP contribution in [-0.2, 0) is 0 Å². The summed E-state index contributed by atoms with van der Waals surface area (Å²) in [5.41, 5.74) is 8.06. The number of methoxy groups -OCH3 is 1. The zero-order chi connectivity index (χ0) is 11.7. The van der Waals surface area contributed by atoms with E-state index in [1.807, 2.05) is 38.2 Å². The van der Waals surface area contributed by atoms with Crippen LogP contribution in [0.3, 0.4) is 0 Å². The molecule has 0 saturated heterocycles. The van der Waals surface area contributed by atoms with Gasteiger partial charge < -0.3 is 10.5 Å². The number of benzene rings is 1. The van der Waals surface area contributed by atoms with Crippen molar-refractivity contribution in [2.75, 3.05) is 7.11 Å². The molecule has 1 unspecified atom stereocenters. The van der Waals surface area contributed by atoms with Crippen LogP contribution in [0.25, 0.3) is 10.8 Å². The molecule has 1 aromatic carbocycles. The third-order valence-corrected chi connectivity index (χ3v) is 2.82. The van der Waals surface area contributed by atoms with Crippen molar-refractivity contribution in [2.24, 2.45) is 5.73 Å². The highest BCUT2D eigenvalue weighted by Crippen LogP contribution is 2.32. The van der Waals surface area contributed by atoms with Gasteiger partial charge in [-0.25, -0.2) is 0 Å². The molecule has 1 atom stereocenters. The van der Waals surface area contributed by atoms with Crippen LogP contribution in [0.5, 0.6) is 5.75 Å². The van der Waals surface area contributed by atoms with Gasteiger partial charge in [0.15, 0.2) is 0 Å². The van der Waals surface area contributed by atoms with Crippen molar-refractivity contribution in [2.45, 2.75) is 19.9 Å². The number of nitrogens with zero attached hydrogens (tertiary/aromatic N) is 1. The van der Waals surface area contributed by atoms with Gasteiger partial charge in [0.1, 0.15) is 5.75 Å². The molecule has 0 spiro atoms. The first-order valence-electron chi connectivity index (χ1n) is 5.33. The first-order valence-corrected chi connectivity index (χ1v) is 5.33. The standard InChI is InChI=1S/C13H16N2O/c1-8(14)10-4-5-12(16-3)13-9(2)15-7-6-11(10)13/h4-8H,14H2,1-3H3. The van der Waals surface area contributed by atoms with Gasteiger partial charge in [-0.05, 0) is 36.9 Å². The Bertz CT molecular complexity index is 521. The average Bonchev–Trinajstić information content (AvgIpc) is 2.27. The van der Waals surface area contributed by atoms with E-state index < -0.39 is 0 Å². The number of aromatic nitrogens is 1. The minimum atomic E-state index is 0.00945. The number of rotatable bonds is 2. The van der Waals surface area contributed by atoms with Crippen LogP contribution in [-0.4, -0.2) is 12.1 Å². The van der Waals surface area contributed by atoms with Gasteiger partial charge in [-0.1, -0.05) is 6.07 Å². The summed E-state index contributed by atoms with van der Waals surface area (Å²) in [6.45, 7) is 3.97. The molecule has 2 aromatic rings. The monoisotopic (exact) mass is 216 g/mol. The molecule has 84 valence electrons. The van der Waals surface area contributed by atoms with Gasteiger partial charge in [0.2, 0.25) is 0 Å². The van der Waals surface area contributed by atoms with Crippen LogP contribution in [0, 0.1) is 6.92 Å². The molecule has 0 aliphatic carbocycles. The molecular weight excluding hydrogens is 200 g/mol. The number of aryl methyl sites for hydroxylation is 1. The van der Waals surface area contributed by atoms with E-state index in [1.54, 1.807) is 7.11 Å². The summed E-state index contributed by atoms with van der Waals surface area (Å²) in [6.07, 6.45) is 1.81. The number of ether oxygens (including phenoxy) is 1. The highest BCUT2D eigenvalue weighted by atomic mass is 16.5. The second-order valence-corrected chi connectivity index (χ2v) is 3.96.